The lowest BCUT2D eigenvalue weighted by molar-refractivity contribution is 0.0754. The van der Waals surface area contributed by atoms with Crippen LogP contribution >= 0.6 is 11.3 Å². The number of benzene rings is 1. The molecule has 168 valence electrons. The average Bonchev–Trinajstić information content (AvgIpc) is 3.31. The number of carbonyl (C=O) groups excluding carboxylic acids is 1. The van der Waals surface area contributed by atoms with Gasteiger partial charge < -0.3 is 25.6 Å². The molecule has 32 heavy (non-hydrogen) atoms. The third-order valence-electron chi connectivity index (χ3n) is 5.46. The quantitative estimate of drug-likeness (QED) is 0.542. The van der Waals surface area contributed by atoms with Crippen LogP contribution in [0, 0.1) is 0 Å². The topological polar surface area (TPSA) is 96.6 Å². The van der Waals surface area contributed by atoms with Crippen LogP contribution in [0.5, 0.6) is 5.75 Å². The highest BCUT2D eigenvalue weighted by molar-refractivity contribution is 7.10. The number of amides is 1. The van der Waals surface area contributed by atoms with E-state index >= 15 is 0 Å². The highest BCUT2D eigenvalue weighted by Crippen LogP contribution is 2.29. The van der Waals surface area contributed by atoms with E-state index in [-0.39, 0.29) is 18.0 Å². The third-order valence-corrected chi connectivity index (χ3v) is 6.43. The van der Waals surface area contributed by atoms with Crippen LogP contribution in [0.4, 0.5) is 11.8 Å². The lowest BCUT2D eigenvalue weighted by atomic mass is 10.1. The molecule has 3 N–H and O–H groups in total. The summed E-state index contributed by atoms with van der Waals surface area (Å²) in [7, 11) is 3.86. The zero-order valence-electron chi connectivity index (χ0n) is 18.3. The maximum atomic E-state index is 13.1. The number of anilines is 2. The van der Waals surface area contributed by atoms with Crippen molar-refractivity contribution in [3.8, 4) is 5.75 Å². The van der Waals surface area contributed by atoms with Gasteiger partial charge in [0.2, 0.25) is 5.95 Å². The molecule has 0 saturated heterocycles. The molecule has 0 bridgehead atoms. The largest absolute Gasteiger partial charge is 0.485 e. The first-order valence-electron chi connectivity index (χ1n) is 10.6. The molecule has 1 aliphatic rings. The van der Waals surface area contributed by atoms with Crippen LogP contribution in [0.2, 0.25) is 0 Å². The van der Waals surface area contributed by atoms with Crippen LogP contribution < -0.4 is 20.7 Å². The van der Waals surface area contributed by atoms with Crippen LogP contribution in [0.25, 0.3) is 0 Å². The Morgan fingerprint density at radius 1 is 1.25 bits per heavy atom. The molecule has 3 heterocycles. The monoisotopic (exact) mass is 452 g/mol. The van der Waals surface area contributed by atoms with Crippen LogP contribution in [0.3, 0.4) is 0 Å². The summed E-state index contributed by atoms with van der Waals surface area (Å²) in [6.45, 7) is 2.65. The van der Waals surface area contributed by atoms with E-state index in [0.717, 1.165) is 24.3 Å². The highest BCUT2D eigenvalue weighted by atomic mass is 32.1. The number of nitrogens with zero attached hydrogens (tertiary/aromatic N) is 4. The summed E-state index contributed by atoms with van der Waals surface area (Å²) < 4.78 is 6.27. The van der Waals surface area contributed by atoms with Gasteiger partial charge in [-0.25, -0.2) is 4.98 Å². The number of nitrogens with one attached hydrogen (secondary N) is 1. The molecule has 0 saturated carbocycles. The number of thiophene rings is 1. The Balaban J connectivity index is 1.45. The first-order valence-corrected chi connectivity index (χ1v) is 11.5. The van der Waals surface area contributed by atoms with Gasteiger partial charge in [0, 0.05) is 44.2 Å². The van der Waals surface area contributed by atoms with Gasteiger partial charge in [-0.05, 0) is 42.7 Å². The molecule has 1 unspecified atom stereocenters. The minimum absolute atomic E-state index is 0.0139. The predicted molar refractivity (Wildman–Crippen MR) is 127 cm³/mol. The molecule has 3 aromatic rings. The van der Waals surface area contributed by atoms with Crippen LogP contribution in [-0.2, 0) is 6.54 Å². The smallest absolute Gasteiger partial charge is 0.259 e. The summed E-state index contributed by atoms with van der Waals surface area (Å²) in [5, 5.41) is 5.26. The molecule has 4 rings (SSSR count). The molecule has 0 radical (unpaired) electrons. The van der Waals surface area contributed by atoms with Crippen molar-refractivity contribution in [1.29, 1.82) is 0 Å². The normalized spacial score (nSPS) is 14.8. The molecule has 1 amide bonds. The fourth-order valence-electron chi connectivity index (χ4n) is 3.69. The Morgan fingerprint density at radius 3 is 2.78 bits per heavy atom. The molecule has 2 aromatic heterocycles. The Bertz CT molecular complexity index is 1040. The Kier molecular flexibility index (Phi) is 6.87. The minimum atomic E-state index is -0.0884. The Hall–Kier alpha value is -3.17. The number of nitrogens with two attached hydrogens (primary N) is 1. The number of hydrogen-bond acceptors (Lipinski definition) is 8. The van der Waals surface area contributed by atoms with E-state index in [4.69, 9.17) is 10.5 Å². The van der Waals surface area contributed by atoms with Gasteiger partial charge in [0.25, 0.3) is 5.91 Å². The number of aromatic nitrogens is 2. The van der Waals surface area contributed by atoms with Gasteiger partial charge in [0.15, 0.2) is 0 Å². The summed E-state index contributed by atoms with van der Waals surface area (Å²) >= 11 is 1.71. The number of rotatable bonds is 8. The van der Waals surface area contributed by atoms with Crippen LogP contribution in [0.1, 0.15) is 33.3 Å². The van der Waals surface area contributed by atoms with Crippen molar-refractivity contribution >= 4 is 29.0 Å². The average molecular weight is 453 g/mol. The number of carbonyl (C=O) groups is 1. The third kappa shape index (κ3) is 5.00. The van der Waals surface area contributed by atoms with E-state index in [2.05, 4.69) is 26.7 Å². The molecule has 1 aliphatic heterocycles. The second-order valence-electron chi connectivity index (χ2n) is 7.77. The molecule has 1 aromatic carbocycles. The maximum absolute atomic E-state index is 13.1. The zero-order chi connectivity index (χ0) is 22.5. The van der Waals surface area contributed by atoms with Crippen molar-refractivity contribution in [2.75, 3.05) is 44.4 Å². The van der Waals surface area contributed by atoms with Gasteiger partial charge in [-0.15, -0.1) is 11.3 Å². The van der Waals surface area contributed by atoms with Gasteiger partial charge in [-0.1, -0.05) is 18.2 Å². The van der Waals surface area contributed by atoms with Crippen LogP contribution in [-0.4, -0.2) is 54.5 Å². The number of ether oxygens (including phenoxy) is 1. The number of nitrogen functional groups attached to an aromatic ring is 1. The van der Waals surface area contributed by atoms with E-state index in [1.807, 2.05) is 54.2 Å². The molecule has 0 spiro atoms. The van der Waals surface area contributed by atoms with Crippen molar-refractivity contribution in [2.45, 2.75) is 19.1 Å². The summed E-state index contributed by atoms with van der Waals surface area (Å²) in [6.07, 6.45) is 2.42. The molecule has 9 heteroatoms. The van der Waals surface area contributed by atoms with Crippen molar-refractivity contribution in [3.05, 3.63) is 64.0 Å². The standard InChI is InChI=1S/C23H28N6O2S/c1-25-10-9-19(20-4-3-13-32-20)31-17-7-5-16(6-8-17)15-29-12-11-28(2)21-18(22(29)30)14-26-23(24)27-21/h3-8,13-14,19,25H,9-12,15H2,1-2H3,(H2,24,26,27). The maximum Gasteiger partial charge on any atom is 0.259 e. The molecular formula is C23H28N6O2S. The predicted octanol–water partition coefficient (Wildman–Crippen LogP) is 2.94. The second kappa shape index (κ2) is 9.97. The molecule has 1 atom stereocenters. The molecule has 0 fully saturated rings. The van der Waals surface area contributed by atoms with E-state index < -0.39 is 0 Å². The fourth-order valence-corrected chi connectivity index (χ4v) is 4.48. The van der Waals surface area contributed by atoms with Gasteiger partial charge in [-0.3, -0.25) is 4.79 Å². The fraction of sp³-hybridized carbons (Fsp3) is 0.348. The summed E-state index contributed by atoms with van der Waals surface area (Å²) in [6, 6.07) is 12.1. The molecule has 8 nitrogen and oxygen atoms in total. The first-order chi connectivity index (χ1) is 15.5. The lowest BCUT2D eigenvalue weighted by Crippen LogP contribution is -2.33. The highest BCUT2D eigenvalue weighted by Gasteiger charge is 2.27. The molecular weight excluding hydrogens is 424 g/mol. The van der Waals surface area contributed by atoms with E-state index in [0.29, 0.717) is 31.0 Å². The van der Waals surface area contributed by atoms with E-state index in [9.17, 15) is 4.79 Å². The SMILES string of the molecule is CNCCC(Oc1ccc(CN2CCN(C)c3nc(N)ncc3C2=O)cc1)c1cccs1. The lowest BCUT2D eigenvalue weighted by Gasteiger charge is -2.22. The van der Waals surface area contributed by atoms with Crippen molar-refractivity contribution in [3.63, 3.8) is 0 Å². The minimum Gasteiger partial charge on any atom is -0.485 e. The van der Waals surface area contributed by atoms with Crippen molar-refractivity contribution in [2.24, 2.45) is 0 Å². The van der Waals surface area contributed by atoms with E-state index in [1.54, 1.807) is 11.3 Å². The zero-order valence-corrected chi connectivity index (χ0v) is 19.1. The molecule has 0 aliphatic carbocycles. The van der Waals surface area contributed by atoms with Gasteiger partial charge in [0.1, 0.15) is 23.2 Å². The van der Waals surface area contributed by atoms with Crippen molar-refractivity contribution < 1.29 is 9.53 Å². The summed E-state index contributed by atoms with van der Waals surface area (Å²) in [4.78, 5) is 26.3. The summed E-state index contributed by atoms with van der Waals surface area (Å²) in [5.74, 6) is 1.48. The first kappa shape index (κ1) is 22.0. The summed E-state index contributed by atoms with van der Waals surface area (Å²) in [5.41, 5.74) is 7.23. The van der Waals surface area contributed by atoms with Gasteiger partial charge >= 0.3 is 0 Å². The van der Waals surface area contributed by atoms with Gasteiger partial charge in [-0.2, -0.15) is 4.98 Å². The number of likely N-dealkylation sites (N-methyl/N-ethyl adjacent to an activating group) is 1. The van der Waals surface area contributed by atoms with Gasteiger partial charge in [0.05, 0.1) is 0 Å². The number of fused-ring (bicyclic) bond motifs is 1. The Morgan fingerprint density at radius 2 is 2.06 bits per heavy atom. The number of hydrogen-bond donors (Lipinski definition) is 2. The van der Waals surface area contributed by atoms with Crippen LogP contribution in [0.15, 0.2) is 48.0 Å². The second-order valence-corrected chi connectivity index (χ2v) is 8.75. The van der Waals surface area contributed by atoms with Crippen molar-refractivity contribution in [1.82, 2.24) is 20.2 Å². The Labute approximate surface area is 192 Å². The van der Waals surface area contributed by atoms with E-state index in [1.165, 1.54) is 11.1 Å².